The summed E-state index contributed by atoms with van der Waals surface area (Å²) in [5, 5.41) is 18.3. The number of phenols is 1. The Morgan fingerprint density at radius 2 is 2.20 bits per heavy atom. The second-order valence-corrected chi connectivity index (χ2v) is 3.92. The number of benzene rings is 1. The van der Waals surface area contributed by atoms with Crippen molar-refractivity contribution in [3.63, 3.8) is 0 Å². The van der Waals surface area contributed by atoms with E-state index in [1.165, 1.54) is 0 Å². The van der Waals surface area contributed by atoms with E-state index < -0.39 is 11.4 Å². The van der Waals surface area contributed by atoms with Crippen LogP contribution in [0.2, 0.25) is 0 Å². The maximum absolute atomic E-state index is 11.0. The third-order valence-electron chi connectivity index (χ3n) is 2.47. The predicted molar refractivity (Wildman–Crippen MR) is 56.6 cm³/mol. The molecule has 0 amide bonds. The summed E-state index contributed by atoms with van der Waals surface area (Å²) in [6, 6.07) is 6.56. The van der Waals surface area contributed by atoms with Crippen LogP contribution in [0.1, 0.15) is 12.5 Å². The molecule has 1 aromatic carbocycles. The van der Waals surface area contributed by atoms with Crippen molar-refractivity contribution in [1.82, 2.24) is 0 Å². The Morgan fingerprint density at radius 1 is 1.53 bits per heavy atom. The summed E-state index contributed by atoms with van der Waals surface area (Å²) in [6.45, 7) is 1.66. The Morgan fingerprint density at radius 3 is 2.67 bits per heavy atom. The average molecular weight is 209 g/mol. The van der Waals surface area contributed by atoms with E-state index in [4.69, 9.17) is 10.8 Å². The maximum atomic E-state index is 11.0. The molecule has 4 N–H and O–H groups in total. The molecule has 1 aromatic rings. The van der Waals surface area contributed by atoms with E-state index in [9.17, 15) is 9.90 Å². The fraction of sp³-hybridized carbons (Fsp3) is 0.364. The normalized spacial score (nSPS) is 14.5. The molecule has 15 heavy (non-hydrogen) atoms. The molecular weight excluding hydrogens is 194 g/mol. The van der Waals surface area contributed by atoms with Crippen LogP contribution in [0.3, 0.4) is 0 Å². The molecule has 0 bridgehead atoms. The number of carboxylic acid groups (broad SMARTS) is 1. The minimum atomic E-state index is -0.978. The molecule has 4 heteroatoms. The number of nitrogens with two attached hydrogens (primary N) is 1. The molecule has 0 saturated carbocycles. The van der Waals surface area contributed by atoms with Crippen molar-refractivity contribution in [2.24, 2.45) is 11.1 Å². The monoisotopic (exact) mass is 209 g/mol. The Balaban J connectivity index is 2.89. The van der Waals surface area contributed by atoms with E-state index in [0.29, 0.717) is 6.42 Å². The molecule has 0 saturated heterocycles. The molecular formula is C11H15NO3. The molecule has 0 heterocycles. The van der Waals surface area contributed by atoms with Crippen LogP contribution in [-0.2, 0) is 11.2 Å². The summed E-state index contributed by atoms with van der Waals surface area (Å²) in [4.78, 5) is 11.0. The average Bonchev–Trinajstić information content (AvgIpc) is 2.17. The van der Waals surface area contributed by atoms with Gasteiger partial charge in [0.2, 0.25) is 0 Å². The zero-order valence-electron chi connectivity index (χ0n) is 8.60. The van der Waals surface area contributed by atoms with Crippen LogP contribution >= 0.6 is 0 Å². The van der Waals surface area contributed by atoms with E-state index in [1.807, 2.05) is 0 Å². The first kappa shape index (κ1) is 11.5. The lowest BCUT2D eigenvalue weighted by Gasteiger charge is -2.22. The van der Waals surface area contributed by atoms with Crippen molar-refractivity contribution in [1.29, 1.82) is 0 Å². The van der Waals surface area contributed by atoms with E-state index in [-0.39, 0.29) is 12.3 Å². The number of hydrogen-bond donors (Lipinski definition) is 3. The Hall–Kier alpha value is -1.55. The van der Waals surface area contributed by atoms with Gasteiger partial charge in [-0.1, -0.05) is 12.1 Å². The summed E-state index contributed by atoms with van der Waals surface area (Å²) < 4.78 is 0. The summed E-state index contributed by atoms with van der Waals surface area (Å²) in [7, 11) is 0. The molecule has 0 spiro atoms. The summed E-state index contributed by atoms with van der Waals surface area (Å²) in [5.41, 5.74) is 5.24. The fourth-order valence-corrected chi connectivity index (χ4v) is 1.35. The first-order chi connectivity index (χ1) is 6.98. The first-order valence-electron chi connectivity index (χ1n) is 4.69. The Bertz CT molecular complexity index is 365. The highest BCUT2D eigenvalue weighted by atomic mass is 16.4. The van der Waals surface area contributed by atoms with Gasteiger partial charge in [-0.15, -0.1) is 0 Å². The second kappa shape index (κ2) is 4.31. The van der Waals surface area contributed by atoms with Gasteiger partial charge in [0.05, 0.1) is 5.41 Å². The summed E-state index contributed by atoms with van der Waals surface area (Å²) >= 11 is 0. The minimum Gasteiger partial charge on any atom is -0.508 e. The van der Waals surface area contributed by atoms with Gasteiger partial charge in [-0.2, -0.15) is 0 Å². The lowest BCUT2D eigenvalue weighted by molar-refractivity contribution is -0.147. The number of aromatic hydroxyl groups is 1. The SMILES string of the molecule is CC(CN)(Cc1cccc(O)c1)C(=O)O. The minimum absolute atomic E-state index is 0.0674. The molecule has 0 aliphatic carbocycles. The van der Waals surface area contributed by atoms with Crippen molar-refractivity contribution in [3.05, 3.63) is 29.8 Å². The number of rotatable bonds is 4. The van der Waals surface area contributed by atoms with Crippen molar-refractivity contribution < 1.29 is 15.0 Å². The van der Waals surface area contributed by atoms with Gasteiger partial charge in [0.1, 0.15) is 5.75 Å². The number of aliphatic carboxylic acids is 1. The molecule has 0 aliphatic heterocycles. The fourth-order valence-electron chi connectivity index (χ4n) is 1.35. The zero-order chi connectivity index (χ0) is 11.5. The van der Waals surface area contributed by atoms with Crippen LogP contribution in [0.4, 0.5) is 0 Å². The molecule has 1 rings (SSSR count). The zero-order valence-corrected chi connectivity index (χ0v) is 8.60. The number of carboxylic acids is 1. The van der Waals surface area contributed by atoms with Crippen LogP contribution in [0, 0.1) is 5.41 Å². The van der Waals surface area contributed by atoms with Crippen molar-refractivity contribution >= 4 is 5.97 Å². The third-order valence-corrected chi connectivity index (χ3v) is 2.47. The molecule has 0 aliphatic rings. The highest BCUT2D eigenvalue weighted by molar-refractivity contribution is 5.74. The van der Waals surface area contributed by atoms with Crippen LogP contribution in [0.5, 0.6) is 5.75 Å². The number of phenolic OH excluding ortho intramolecular Hbond substituents is 1. The second-order valence-electron chi connectivity index (χ2n) is 3.92. The van der Waals surface area contributed by atoms with Gasteiger partial charge < -0.3 is 15.9 Å². The number of hydrogen-bond acceptors (Lipinski definition) is 3. The summed E-state index contributed by atoms with van der Waals surface area (Å²) in [5.74, 6) is -0.786. The lowest BCUT2D eigenvalue weighted by Crippen LogP contribution is -2.37. The highest BCUT2D eigenvalue weighted by Crippen LogP contribution is 2.23. The van der Waals surface area contributed by atoms with Gasteiger partial charge >= 0.3 is 5.97 Å². The quantitative estimate of drug-likeness (QED) is 0.690. The predicted octanol–water partition coefficient (Wildman–Crippen LogP) is 0.984. The van der Waals surface area contributed by atoms with E-state index in [1.54, 1.807) is 31.2 Å². The standard InChI is InChI=1S/C11H15NO3/c1-11(7-12,10(14)15)6-8-3-2-4-9(13)5-8/h2-5,13H,6-7,12H2,1H3,(H,14,15). The van der Waals surface area contributed by atoms with Gasteiger partial charge in [-0.25, -0.2) is 0 Å². The summed E-state index contributed by atoms with van der Waals surface area (Å²) in [6.07, 6.45) is 0.313. The van der Waals surface area contributed by atoms with Crippen LogP contribution in [0.15, 0.2) is 24.3 Å². The highest BCUT2D eigenvalue weighted by Gasteiger charge is 2.31. The Labute approximate surface area is 88.3 Å². The lowest BCUT2D eigenvalue weighted by atomic mass is 9.84. The van der Waals surface area contributed by atoms with Crippen molar-refractivity contribution in [2.75, 3.05) is 6.54 Å². The smallest absolute Gasteiger partial charge is 0.310 e. The maximum Gasteiger partial charge on any atom is 0.310 e. The molecule has 0 aromatic heterocycles. The van der Waals surface area contributed by atoms with E-state index in [2.05, 4.69) is 0 Å². The molecule has 1 atom stereocenters. The Kier molecular flexibility index (Phi) is 3.31. The van der Waals surface area contributed by atoms with Gasteiger partial charge in [0, 0.05) is 6.54 Å². The van der Waals surface area contributed by atoms with Gasteiger partial charge in [0.15, 0.2) is 0 Å². The van der Waals surface area contributed by atoms with E-state index >= 15 is 0 Å². The van der Waals surface area contributed by atoms with Gasteiger partial charge in [-0.05, 0) is 31.0 Å². The van der Waals surface area contributed by atoms with Gasteiger partial charge in [0.25, 0.3) is 0 Å². The van der Waals surface area contributed by atoms with Crippen molar-refractivity contribution in [3.8, 4) is 5.75 Å². The topological polar surface area (TPSA) is 83.5 Å². The largest absolute Gasteiger partial charge is 0.508 e. The van der Waals surface area contributed by atoms with Crippen LogP contribution < -0.4 is 5.73 Å². The first-order valence-corrected chi connectivity index (χ1v) is 4.69. The number of carbonyl (C=O) groups is 1. The molecule has 0 radical (unpaired) electrons. The molecule has 82 valence electrons. The molecule has 0 fully saturated rings. The van der Waals surface area contributed by atoms with E-state index in [0.717, 1.165) is 5.56 Å². The van der Waals surface area contributed by atoms with Gasteiger partial charge in [-0.3, -0.25) is 4.79 Å². The molecule has 1 unspecified atom stereocenters. The van der Waals surface area contributed by atoms with Crippen molar-refractivity contribution in [2.45, 2.75) is 13.3 Å². The van der Waals surface area contributed by atoms with Crippen LogP contribution in [0.25, 0.3) is 0 Å². The van der Waals surface area contributed by atoms with Crippen LogP contribution in [-0.4, -0.2) is 22.7 Å². The third kappa shape index (κ3) is 2.70. The molecule has 4 nitrogen and oxygen atoms in total.